The van der Waals surface area contributed by atoms with Crippen molar-refractivity contribution >= 4 is 9.28 Å². The summed E-state index contributed by atoms with van der Waals surface area (Å²) >= 11 is 0. The van der Waals surface area contributed by atoms with E-state index in [-0.39, 0.29) is 5.54 Å². The summed E-state index contributed by atoms with van der Waals surface area (Å²) in [6.07, 6.45) is 29.6. The van der Waals surface area contributed by atoms with Crippen LogP contribution in [0.5, 0.6) is 0 Å². The van der Waals surface area contributed by atoms with Gasteiger partial charge in [0.1, 0.15) is 0 Å². The summed E-state index contributed by atoms with van der Waals surface area (Å²) in [4.78, 5) is 18.7. The standard InChI is InChI=1S/C25H55NO2Si/c1-2-25(29(27)28)23-21-19-17-15-13-11-9-7-5-3-4-6-8-10-12-14-16-18-20-22-24-26/h25,27-29H,2-24,26H2,1H3. The third kappa shape index (κ3) is 22.6. The summed E-state index contributed by atoms with van der Waals surface area (Å²) in [5.74, 6) is 0. The normalized spacial score (nSPS) is 12.7. The Labute approximate surface area is 185 Å². The largest absolute Gasteiger partial charge is 0.413 e. The molecule has 0 aliphatic heterocycles. The van der Waals surface area contributed by atoms with Gasteiger partial charge in [0.05, 0.1) is 0 Å². The van der Waals surface area contributed by atoms with Gasteiger partial charge in [0.25, 0.3) is 0 Å². The van der Waals surface area contributed by atoms with Gasteiger partial charge in [0, 0.05) is 0 Å². The molecular weight excluding hydrogens is 374 g/mol. The topological polar surface area (TPSA) is 66.5 Å². The molecule has 0 aromatic heterocycles. The lowest BCUT2D eigenvalue weighted by molar-refractivity contribution is 0.371. The van der Waals surface area contributed by atoms with Crippen LogP contribution in [0, 0.1) is 0 Å². The van der Waals surface area contributed by atoms with Crippen molar-refractivity contribution in [3.05, 3.63) is 0 Å². The van der Waals surface area contributed by atoms with Crippen LogP contribution in [-0.2, 0) is 0 Å². The van der Waals surface area contributed by atoms with Crippen LogP contribution in [0.25, 0.3) is 0 Å². The fourth-order valence-corrected chi connectivity index (χ4v) is 5.25. The van der Waals surface area contributed by atoms with Crippen molar-refractivity contribution < 1.29 is 9.59 Å². The van der Waals surface area contributed by atoms with E-state index in [4.69, 9.17) is 5.73 Å². The number of nitrogens with two attached hydrogens (primary N) is 1. The maximum Gasteiger partial charge on any atom is 0.319 e. The van der Waals surface area contributed by atoms with Crippen LogP contribution in [0.2, 0.25) is 5.54 Å². The Morgan fingerprint density at radius 1 is 0.517 bits per heavy atom. The zero-order valence-corrected chi connectivity index (χ0v) is 21.0. The van der Waals surface area contributed by atoms with Crippen molar-refractivity contribution in [1.29, 1.82) is 0 Å². The van der Waals surface area contributed by atoms with Gasteiger partial charge in [-0.2, -0.15) is 0 Å². The Kier molecular flexibility index (Phi) is 24.4. The molecule has 29 heavy (non-hydrogen) atoms. The predicted molar refractivity (Wildman–Crippen MR) is 132 cm³/mol. The second-order valence-corrected chi connectivity index (χ2v) is 11.0. The van der Waals surface area contributed by atoms with Gasteiger partial charge in [-0.3, -0.25) is 0 Å². The highest BCUT2D eigenvalue weighted by molar-refractivity contribution is 6.43. The Bertz CT molecular complexity index is 303. The smallest absolute Gasteiger partial charge is 0.319 e. The minimum atomic E-state index is -2.39. The zero-order chi connectivity index (χ0) is 21.4. The molecule has 0 aromatic carbocycles. The van der Waals surface area contributed by atoms with Crippen LogP contribution >= 0.6 is 0 Å². The van der Waals surface area contributed by atoms with Crippen molar-refractivity contribution in [2.24, 2.45) is 5.73 Å². The highest BCUT2D eigenvalue weighted by Gasteiger charge is 2.16. The minimum absolute atomic E-state index is 0.214. The van der Waals surface area contributed by atoms with Gasteiger partial charge in [0.2, 0.25) is 0 Å². The highest BCUT2D eigenvalue weighted by Crippen LogP contribution is 2.21. The van der Waals surface area contributed by atoms with E-state index in [1.165, 1.54) is 128 Å². The lowest BCUT2D eigenvalue weighted by Crippen LogP contribution is -2.19. The van der Waals surface area contributed by atoms with E-state index in [2.05, 4.69) is 6.92 Å². The van der Waals surface area contributed by atoms with E-state index < -0.39 is 9.28 Å². The summed E-state index contributed by atoms with van der Waals surface area (Å²) < 4.78 is 0. The SMILES string of the molecule is CCC(CCCCCCCCCCCCCCCCCCCCCCN)[SiH](O)O. The van der Waals surface area contributed by atoms with Crippen LogP contribution in [0.4, 0.5) is 0 Å². The van der Waals surface area contributed by atoms with Gasteiger partial charge in [-0.25, -0.2) is 0 Å². The van der Waals surface area contributed by atoms with Crippen molar-refractivity contribution in [2.45, 2.75) is 154 Å². The van der Waals surface area contributed by atoms with Crippen molar-refractivity contribution in [1.82, 2.24) is 0 Å². The molecule has 4 N–H and O–H groups in total. The molecule has 0 aliphatic carbocycles. The molecular formula is C25H55NO2Si. The van der Waals surface area contributed by atoms with E-state index in [0.717, 1.165) is 19.4 Å². The first-order chi connectivity index (χ1) is 14.2. The number of hydrogen-bond acceptors (Lipinski definition) is 3. The summed E-state index contributed by atoms with van der Waals surface area (Å²) in [7, 11) is -2.39. The molecule has 4 heteroatoms. The van der Waals surface area contributed by atoms with Crippen LogP contribution < -0.4 is 5.73 Å². The van der Waals surface area contributed by atoms with E-state index in [9.17, 15) is 9.59 Å². The molecule has 0 fully saturated rings. The number of unbranched alkanes of at least 4 members (excludes halogenated alkanes) is 19. The fraction of sp³-hybridized carbons (Fsp3) is 1.00. The van der Waals surface area contributed by atoms with Gasteiger partial charge in [-0.15, -0.1) is 0 Å². The fourth-order valence-electron chi connectivity index (χ4n) is 4.30. The molecule has 0 aromatic rings. The monoisotopic (exact) mass is 429 g/mol. The molecule has 0 saturated carbocycles. The third-order valence-corrected chi connectivity index (χ3v) is 8.12. The van der Waals surface area contributed by atoms with Crippen LogP contribution in [0.1, 0.15) is 148 Å². The van der Waals surface area contributed by atoms with Crippen molar-refractivity contribution in [3.8, 4) is 0 Å². The molecule has 0 saturated heterocycles. The van der Waals surface area contributed by atoms with E-state index in [0.29, 0.717) is 0 Å². The Balaban J connectivity index is 3.08. The molecule has 1 unspecified atom stereocenters. The second kappa shape index (κ2) is 24.4. The van der Waals surface area contributed by atoms with Gasteiger partial charge < -0.3 is 15.3 Å². The predicted octanol–water partition coefficient (Wildman–Crippen LogP) is 7.12. The summed E-state index contributed by atoms with van der Waals surface area (Å²) in [6, 6.07) is 0. The first-order valence-electron chi connectivity index (χ1n) is 13.3. The molecule has 0 aliphatic rings. The van der Waals surface area contributed by atoms with Gasteiger partial charge >= 0.3 is 9.28 Å². The summed E-state index contributed by atoms with van der Waals surface area (Å²) in [5, 5.41) is 0. The van der Waals surface area contributed by atoms with Gasteiger partial charge in [-0.1, -0.05) is 135 Å². The van der Waals surface area contributed by atoms with Crippen LogP contribution in [0.3, 0.4) is 0 Å². The second-order valence-electron chi connectivity index (χ2n) is 9.23. The van der Waals surface area contributed by atoms with Crippen LogP contribution in [-0.4, -0.2) is 25.4 Å². The molecule has 0 spiro atoms. The summed E-state index contributed by atoms with van der Waals surface area (Å²) in [5.41, 5.74) is 5.73. The number of hydrogen-bond donors (Lipinski definition) is 3. The minimum Gasteiger partial charge on any atom is -0.413 e. The molecule has 0 amide bonds. The van der Waals surface area contributed by atoms with E-state index in [1.54, 1.807) is 0 Å². The number of rotatable bonds is 24. The van der Waals surface area contributed by atoms with E-state index >= 15 is 0 Å². The van der Waals surface area contributed by atoms with Gasteiger partial charge in [0.15, 0.2) is 0 Å². The molecule has 176 valence electrons. The Hall–Kier alpha value is 0.0969. The highest BCUT2D eigenvalue weighted by atomic mass is 28.3. The zero-order valence-electron chi connectivity index (χ0n) is 19.9. The average molecular weight is 430 g/mol. The lowest BCUT2D eigenvalue weighted by Gasteiger charge is -2.14. The average Bonchev–Trinajstić information content (AvgIpc) is 2.71. The molecule has 3 nitrogen and oxygen atoms in total. The van der Waals surface area contributed by atoms with Crippen molar-refractivity contribution in [2.75, 3.05) is 6.54 Å². The van der Waals surface area contributed by atoms with E-state index in [1.807, 2.05) is 0 Å². The lowest BCUT2D eigenvalue weighted by atomic mass is 10.0. The molecule has 0 bridgehead atoms. The maximum atomic E-state index is 9.37. The Morgan fingerprint density at radius 3 is 1.03 bits per heavy atom. The summed E-state index contributed by atoms with van der Waals surface area (Å²) in [6.45, 7) is 2.94. The van der Waals surface area contributed by atoms with Crippen molar-refractivity contribution in [3.63, 3.8) is 0 Å². The molecule has 0 rings (SSSR count). The van der Waals surface area contributed by atoms with Gasteiger partial charge in [-0.05, 0) is 24.9 Å². The quantitative estimate of drug-likeness (QED) is 0.113. The first-order valence-corrected chi connectivity index (χ1v) is 15.0. The van der Waals surface area contributed by atoms with Crippen LogP contribution in [0.15, 0.2) is 0 Å². The molecule has 1 atom stereocenters. The molecule has 0 radical (unpaired) electrons. The third-order valence-electron chi connectivity index (χ3n) is 6.48. The maximum absolute atomic E-state index is 9.37. The Morgan fingerprint density at radius 2 is 0.793 bits per heavy atom. The molecule has 0 heterocycles. The first kappa shape index (κ1) is 29.1.